The normalized spacial score (nSPS) is 25.8. The fraction of sp³-hybridized carbons (Fsp3) is 0.417. The second-order valence-corrected chi connectivity index (χ2v) is 5.28. The molecule has 2 aromatic heterocycles. The van der Waals surface area contributed by atoms with Crippen molar-refractivity contribution in [3.8, 4) is 5.82 Å². The van der Waals surface area contributed by atoms with Crippen LogP contribution in [0.25, 0.3) is 5.82 Å². The van der Waals surface area contributed by atoms with Crippen molar-refractivity contribution in [1.29, 1.82) is 0 Å². The van der Waals surface area contributed by atoms with Crippen LogP contribution in [0, 0.1) is 5.41 Å². The minimum Gasteiger partial charge on any atom is -0.321 e. The van der Waals surface area contributed by atoms with E-state index in [4.69, 9.17) is 5.73 Å². The highest BCUT2D eigenvalue weighted by molar-refractivity contribution is 5.36. The third kappa shape index (κ3) is 1.46. The average Bonchev–Trinajstić information content (AvgIpc) is 2.75. The Balaban J connectivity index is 1.92. The lowest BCUT2D eigenvalue weighted by atomic mass is 9.99. The van der Waals surface area contributed by atoms with E-state index in [0.29, 0.717) is 0 Å². The molecule has 1 fully saturated rings. The van der Waals surface area contributed by atoms with E-state index >= 15 is 0 Å². The predicted molar refractivity (Wildman–Crippen MR) is 63.4 cm³/mol. The molecular weight excluding hydrogens is 214 g/mol. The molecular formula is C12H15N5. The molecule has 2 heterocycles. The van der Waals surface area contributed by atoms with Crippen molar-refractivity contribution in [3.05, 3.63) is 36.5 Å². The SMILES string of the molecule is CC1(C)CC1(N)c1ccc(-n2cncn2)nc1. The number of aromatic nitrogens is 4. The van der Waals surface area contributed by atoms with Gasteiger partial charge in [-0.3, -0.25) is 0 Å². The number of hydrogen-bond acceptors (Lipinski definition) is 4. The van der Waals surface area contributed by atoms with Crippen molar-refractivity contribution in [1.82, 2.24) is 19.7 Å². The van der Waals surface area contributed by atoms with Gasteiger partial charge in [-0.25, -0.2) is 14.6 Å². The van der Waals surface area contributed by atoms with Crippen molar-refractivity contribution in [2.45, 2.75) is 25.8 Å². The number of pyridine rings is 1. The molecule has 0 aromatic carbocycles. The van der Waals surface area contributed by atoms with E-state index < -0.39 is 0 Å². The van der Waals surface area contributed by atoms with Crippen molar-refractivity contribution in [3.63, 3.8) is 0 Å². The molecule has 0 radical (unpaired) electrons. The summed E-state index contributed by atoms with van der Waals surface area (Å²) in [4.78, 5) is 8.27. The van der Waals surface area contributed by atoms with E-state index in [-0.39, 0.29) is 11.0 Å². The number of nitrogens with two attached hydrogens (primary N) is 1. The van der Waals surface area contributed by atoms with Gasteiger partial charge in [0.25, 0.3) is 0 Å². The van der Waals surface area contributed by atoms with E-state index in [1.807, 2.05) is 18.3 Å². The summed E-state index contributed by atoms with van der Waals surface area (Å²) in [7, 11) is 0. The first-order valence-electron chi connectivity index (χ1n) is 5.63. The van der Waals surface area contributed by atoms with Crippen molar-refractivity contribution >= 4 is 0 Å². The molecule has 2 aromatic rings. The van der Waals surface area contributed by atoms with Gasteiger partial charge in [-0.15, -0.1) is 0 Å². The summed E-state index contributed by atoms with van der Waals surface area (Å²) >= 11 is 0. The molecule has 0 aliphatic heterocycles. The first kappa shape index (κ1) is 10.4. The van der Waals surface area contributed by atoms with Gasteiger partial charge in [-0.2, -0.15) is 5.10 Å². The van der Waals surface area contributed by atoms with Gasteiger partial charge in [0.1, 0.15) is 12.7 Å². The lowest BCUT2D eigenvalue weighted by Gasteiger charge is -2.15. The molecule has 0 bridgehead atoms. The fourth-order valence-corrected chi connectivity index (χ4v) is 2.26. The van der Waals surface area contributed by atoms with Crippen LogP contribution in [0.15, 0.2) is 31.0 Å². The van der Waals surface area contributed by atoms with Gasteiger partial charge in [0.15, 0.2) is 5.82 Å². The zero-order valence-corrected chi connectivity index (χ0v) is 9.96. The molecule has 88 valence electrons. The summed E-state index contributed by atoms with van der Waals surface area (Å²) in [6.45, 7) is 4.36. The Morgan fingerprint density at radius 1 is 1.35 bits per heavy atom. The van der Waals surface area contributed by atoms with Crippen LogP contribution >= 0.6 is 0 Å². The van der Waals surface area contributed by atoms with E-state index in [9.17, 15) is 0 Å². The molecule has 1 aliphatic rings. The minimum absolute atomic E-state index is 0.170. The Labute approximate surface area is 99.7 Å². The van der Waals surface area contributed by atoms with E-state index in [1.165, 1.54) is 6.33 Å². The third-order valence-electron chi connectivity index (χ3n) is 3.72. The summed E-state index contributed by atoms with van der Waals surface area (Å²) in [6.07, 6.45) is 5.96. The lowest BCUT2D eigenvalue weighted by Crippen LogP contribution is -2.25. The Morgan fingerprint density at radius 3 is 2.59 bits per heavy atom. The lowest BCUT2D eigenvalue weighted by molar-refractivity contribution is 0.508. The van der Waals surface area contributed by atoms with Crippen LogP contribution in [0.4, 0.5) is 0 Å². The standard InChI is InChI=1S/C12H15N5/c1-11(2)6-12(11,13)9-3-4-10(15-5-9)17-8-14-7-16-17/h3-5,7-8H,6,13H2,1-2H3. The summed E-state index contributed by atoms with van der Waals surface area (Å²) in [5.41, 5.74) is 7.38. The minimum atomic E-state index is -0.221. The molecule has 3 rings (SSSR count). The molecule has 1 unspecified atom stereocenters. The summed E-state index contributed by atoms with van der Waals surface area (Å²) in [6, 6.07) is 3.95. The molecule has 1 atom stereocenters. The van der Waals surface area contributed by atoms with Crippen molar-refractivity contribution in [2.24, 2.45) is 11.1 Å². The number of rotatable bonds is 2. The number of hydrogen-bond donors (Lipinski definition) is 1. The second-order valence-electron chi connectivity index (χ2n) is 5.28. The van der Waals surface area contributed by atoms with Gasteiger partial charge < -0.3 is 5.73 Å². The first-order valence-corrected chi connectivity index (χ1v) is 5.63. The van der Waals surface area contributed by atoms with E-state index in [1.54, 1.807) is 11.0 Å². The van der Waals surface area contributed by atoms with Gasteiger partial charge in [0.05, 0.1) is 0 Å². The van der Waals surface area contributed by atoms with Gasteiger partial charge in [0.2, 0.25) is 0 Å². The van der Waals surface area contributed by atoms with Crippen LogP contribution in [0.5, 0.6) is 0 Å². The molecule has 2 N–H and O–H groups in total. The predicted octanol–water partition coefficient (Wildman–Crippen LogP) is 1.25. The average molecular weight is 229 g/mol. The van der Waals surface area contributed by atoms with Crippen molar-refractivity contribution in [2.75, 3.05) is 0 Å². The Bertz CT molecular complexity index is 529. The van der Waals surface area contributed by atoms with Crippen LogP contribution < -0.4 is 5.73 Å². The van der Waals surface area contributed by atoms with E-state index in [0.717, 1.165) is 17.8 Å². The Kier molecular flexibility index (Phi) is 1.92. The maximum Gasteiger partial charge on any atom is 0.155 e. The van der Waals surface area contributed by atoms with Crippen LogP contribution in [-0.4, -0.2) is 19.7 Å². The summed E-state index contributed by atoms with van der Waals surface area (Å²) in [5.74, 6) is 0.758. The monoisotopic (exact) mass is 229 g/mol. The van der Waals surface area contributed by atoms with Gasteiger partial charge in [0, 0.05) is 11.7 Å². The second kappa shape index (κ2) is 3.13. The highest BCUT2D eigenvalue weighted by Gasteiger charge is 2.59. The van der Waals surface area contributed by atoms with E-state index in [2.05, 4.69) is 28.9 Å². The van der Waals surface area contributed by atoms with Crippen molar-refractivity contribution < 1.29 is 0 Å². The maximum atomic E-state index is 6.34. The zero-order valence-electron chi connectivity index (χ0n) is 9.96. The zero-order chi connectivity index (χ0) is 12.1. The molecule has 0 amide bonds. The van der Waals surface area contributed by atoms with Gasteiger partial charge >= 0.3 is 0 Å². The first-order chi connectivity index (χ1) is 8.03. The smallest absolute Gasteiger partial charge is 0.155 e. The summed E-state index contributed by atoms with van der Waals surface area (Å²) in [5, 5.41) is 4.03. The van der Waals surface area contributed by atoms with Crippen LogP contribution in [-0.2, 0) is 5.54 Å². The Morgan fingerprint density at radius 2 is 2.12 bits per heavy atom. The Hall–Kier alpha value is -1.75. The molecule has 17 heavy (non-hydrogen) atoms. The molecule has 0 spiro atoms. The highest BCUT2D eigenvalue weighted by atomic mass is 15.3. The van der Waals surface area contributed by atoms with Crippen LogP contribution in [0.2, 0.25) is 0 Å². The number of nitrogens with zero attached hydrogens (tertiary/aromatic N) is 4. The molecule has 5 nitrogen and oxygen atoms in total. The quantitative estimate of drug-likeness (QED) is 0.841. The van der Waals surface area contributed by atoms with Crippen LogP contribution in [0.3, 0.4) is 0 Å². The summed E-state index contributed by atoms with van der Waals surface area (Å²) < 4.78 is 1.63. The van der Waals surface area contributed by atoms with Gasteiger partial charge in [-0.05, 0) is 23.5 Å². The van der Waals surface area contributed by atoms with Gasteiger partial charge in [-0.1, -0.05) is 19.9 Å². The molecule has 0 saturated heterocycles. The highest BCUT2D eigenvalue weighted by Crippen LogP contribution is 2.60. The fourth-order valence-electron chi connectivity index (χ4n) is 2.26. The molecule has 5 heteroatoms. The topological polar surface area (TPSA) is 69.6 Å². The molecule has 1 aliphatic carbocycles. The molecule has 1 saturated carbocycles. The largest absolute Gasteiger partial charge is 0.321 e. The van der Waals surface area contributed by atoms with Crippen LogP contribution in [0.1, 0.15) is 25.8 Å². The maximum absolute atomic E-state index is 6.34. The third-order valence-corrected chi connectivity index (χ3v) is 3.72.